The van der Waals surface area contributed by atoms with Crippen LogP contribution in [0.3, 0.4) is 0 Å². The third kappa shape index (κ3) is 2.17. The molecule has 1 saturated heterocycles. The fourth-order valence-corrected chi connectivity index (χ4v) is 1.88. The normalized spacial score (nSPS) is 33.0. The lowest BCUT2D eigenvalue weighted by Crippen LogP contribution is -2.09. The van der Waals surface area contributed by atoms with E-state index in [1.165, 1.54) is 12.2 Å². The van der Waals surface area contributed by atoms with Crippen molar-refractivity contribution in [3.8, 4) is 0 Å². The van der Waals surface area contributed by atoms with Crippen LogP contribution in [0.15, 0.2) is 0 Å². The lowest BCUT2D eigenvalue weighted by Gasteiger charge is -2.10. The minimum atomic E-state index is 0.798. The maximum Gasteiger partial charge on any atom is 0.0498 e. The molecular weight excluding hydrogens is 144 g/mol. The van der Waals surface area contributed by atoms with Crippen LogP contribution in [0.4, 0.5) is 0 Å². The van der Waals surface area contributed by atoms with E-state index >= 15 is 0 Å². The van der Waals surface area contributed by atoms with Gasteiger partial charge in [-0.05, 0) is 30.3 Å². The van der Waals surface area contributed by atoms with Crippen LogP contribution in [-0.2, 0) is 4.74 Å². The van der Waals surface area contributed by atoms with E-state index in [9.17, 15) is 0 Å². The monoisotopic (exact) mass is 160 g/mol. The SMILES string of the molecule is CSCCC1COCC1C. The van der Waals surface area contributed by atoms with E-state index in [2.05, 4.69) is 13.2 Å². The van der Waals surface area contributed by atoms with Crippen molar-refractivity contribution < 1.29 is 4.74 Å². The third-order valence-electron chi connectivity index (χ3n) is 2.21. The van der Waals surface area contributed by atoms with Gasteiger partial charge >= 0.3 is 0 Å². The van der Waals surface area contributed by atoms with Gasteiger partial charge in [0, 0.05) is 13.2 Å². The summed E-state index contributed by atoms with van der Waals surface area (Å²) in [4.78, 5) is 0. The van der Waals surface area contributed by atoms with Crippen LogP contribution >= 0.6 is 11.8 Å². The number of hydrogen-bond donors (Lipinski definition) is 0. The van der Waals surface area contributed by atoms with Crippen molar-refractivity contribution in [1.29, 1.82) is 0 Å². The van der Waals surface area contributed by atoms with Crippen molar-refractivity contribution >= 4 is 11.8 Å². The topological polar surface area (TPSA) is 9.23 Å². The Morgan fingerprint density at radius 3 is 2.80 bits per heavy atom. The van der Waals surface area contributed by atoms with Crippen molar-refractivity contribution in [2.24, 2.45) is 11.8 Å². The van der Waals surface area contributed by atoms with Gasteiger partial charge in [0.05, 0.1) is 0 Å². The zero-order chi connectivity index (χ0) is 7.40. The lowest BCUT2D eigenvalue weighted by molar-refractivity contribution is 0.181. The second kappa shape index (κ2) is 4.24. The predicted octanol–water partition coefficient (Wildman–Crippen LogP) is 2.02. The minimum Gasteiger partial charge on any atom is -0.381 e. The summed E-state index contributed by atoms with van der Waals surface area (Å²) in [5, 5.41) is 0. The summed E-state index contributed by atoms with van der Waals surface area (Å²) in [5.74, 6) is 2.93. The van der Waals surface area contributed by atoms with Gasteiger partial charge in [0.2, 0.25) is 0 Å². The standard InChI is InChI=1S/C8H16OS/c1-7-5-9-6-8(7)3-4-10-2/h7-8H,3-6H2,1-2H3. The summed E-state index contributed by atoms with van der Waals surface area (Å²) in [6.45, 7) is 4.28. The third-order valence-corrected chi connectivity index (χ3v) is 2.85. The molecule has 0 bridgehead atoms. The molecule has 0 N–H and O–H groups in total. The van der Waals surface area contributed by atoms with Crippen molar-refractivity contribution in [2.75, 3.05) is 25.2 Å². The quantitative estimate of drug-likeness (QED) is 0.624. The van der Waals surface area contributed by atoms with Crippen molar-refractivity contribution in [3.63, 3.8) is 0 Å². The van der Waals surface area contributed by atoms with E-state index in [0.29, 0.717) is 0 Å². The van der Waals surface area contributed by atoms with Gasteiger partial charge < -0.3 is 4.74 Å². The molecule has 2 atom stereocenters. The Bertz CT molecular complexity index is 95.3. The van der Waals surface area contributed by atoms with Gasteiger partial charge in [0.25, 0.3) is 0 Å². The molecule has 0 aromatic heterocycles. The van der Waals surface area contributed by atoms with Gasteiger partial charge in [0.15, 0.2) is 0 Å². The van der Waals surface area contributed by atoms with Crippen LogP contribution in [0, 0.1) is 11.8 Å². The number of rotatable bonds is 3. The Hall–Kier alpha value is 0.310. The fourth-order valence-electron chi connectivity index (χ4n) is 1.34. The second-order valence-corrected chi connectivity index (χ2v) is 4.04. The van der Waals surface area contributed by atoms with E-state index in [4.69, 9.17) is 4.74 Å². The van der Waals surface area contributed by atoms with E-state index < -0.39 is 0 Å². The Morgan fingerprint density at radius 2 is 2.30 bits per heavy atom. The highest BCUT2D eigenvalue weighted by atomic mass is 32.2. The van der Waals surface area contributed by atoms with Crippen LogP contribution in [0.25, 0.3) is 0 Å². The molecule has 1 aliphatic heterocycles. The molecule has 1 aliphatic rings. The van der Waals surface area contributed by atoms with Crippen molar-refractivity contribution in [2.45, 2.75) is 13.3 Å². The summed E-state index contributed by atoms with van der Waals surface area (Å²) in [7, 11) is 0. The molecule has 0 aromatic carbocycles. The zero-order valence-corrected chi connectivity index (χ0v) is 7.62. The van der Waals surface area contributed by atoms with E-state index in [1.54, 1.807) is 0 Å². The van der Waals surface area contributed by atoms with Crippen LogP contribution in [0.2, 0.25) is 0 Å². The van der Waals surface area contributed by atoms with Crippen molar-refractivity contribution in [1.82, 2.24) is 0 Å². The molecule has 1 heterocycles. The smallest absolute Gasteiger partial charge is 0.0498 e. The summed E-state index contributed by atoms with van der Waals surface area (Å²) >= 11 is 1.93. The van der Waals surface area contributed by atoms with Gasteiger partial charge in [-0.25, -0.2) is 0 Å². The lowest BCUT2D eigenvalue weighted by atomic mass is 9.96. The van der Waals surface area contributed by atoms with Crippen LogP contribution in [0.5, 0.6) is 0 Å². The summed E-state index contributed by atoms with van der Waals surface area (Å²) < 4.78 is 5.36. The Morgan fingerprint density at radius 1 is 1.50 bits per heavy atom. The molecule has 0 saturated carbocycles. The van der Waals surface area contributed by atoms with Gasteiger partial charge in [-0.1, -0.05) is 6.92 Å². The zero-order valence-electron chi connectivity index (χ0n) is 6.80. The molecule has 0 aliphatic carbocycles. The molecule has 10 heavy (non-hydrogen) atoms. The number of ether oxygens (including phenoxy) is 1. The maximum absolute atomic E-state index is 5.36. The summed E-state index contributed by atoms with van der Waals surface area (Å²) in [6, 6.07) is 0. The molecule has 0 spiro atoms. The van der Waals surface area contributed by atoms with Crippen LogP contribution in [-0.4, -0.2) is 25.2 Å². The molecule has 0 radical (unpaired) electrons. The molecule has 0 amide bonds. The van der Waals surface area contributed by atoms with Crippen molar-refractivity contribution in [3.05, 3.63) is 0 Å². The van der Waals surface area contributed by atoms with Gasteiger partial charge in [-0.15, -0.1) is 0 Å². The fraction of sp³-hybridized carbons (Fsp3) is 1.00. The maximum atomic E-state index is 5.36. The van der Waals surface area contributed by atoms with Gasteiger partial charge in [-0.3, -0.25) is 0 Å². The molecule has 60 valence electrons. The van der Waals surface area contributed by atoms with Crippen LogP contribution < -0.4 is 0 Å². The average Bonchev–Trinajstić information content (AvgIpc) is 2.31. The highest BCUT2D eigenvalue weighted by Crippen LogP contribution is 2.23. The van der Waals surface area contributed by atoms with E-state index in [0.717, 1.165) is 25.0 Å². The van der Waals surface area contributed by atoms with Crippen LogP contribution in [0.1, 0.15) is 13.3 Å². The Labute approximate surface area is 67.5 Å². The molecule has 1 nitrogen and oxygen atoms in total. The molecule has 1 fully saturated rings. The average molecular weight is 160 g/mol. The predicted molar refractivity (Wildman–Crippen MR) is 46.5 cm³/mol. The second-order valence-electron chi connectivity index (χ2n) is 3.06. The van der Waals surface area contributed by atoms with E-state index in [1.807, 2.05) is 11.8 Å². The highest BCUT2D eigenvalue weighted by molar-refractivity contribution is 7.98. The first-order chi connectivity index (χ1) is 4.84. The Balaban J connectivity index is 2.14. The number of thioether (sulfide) groups is 1. The first kappa shape index (κ1) is 8.41. The number of hydrogen-bond acceptors (Lipinski definition) is 2. The molecule has 2 heteroatoms. The Kier molecular flexibility index (Phi) is 3.57. The first-order valence-corrected chi connectivity index (χ1v) is 5.30. The minimum absolute atomic E-state index is 0.798. The molecule has 1 rings (SSSR count). The molecule has 2 unspecified atom stereocenters. The molecule has 0 aromatic rings. The first-order valence-electron chi connectivity index (χ1n) is 3.91. The summed E-state index contributed by atoms with van der Waals surface area (Å²) in [5.41, 5.74) is 0. The molecular formula is C8H16OS. The largest absolute Gasteiger partial charge is 0.381 e. The van der Waals surface area contributed by atoms with Gasteiger partial charge in [-0.2, -0.15) is 11.8 Å². The highest BCUT2D eigenvalue weighted by Gasteiger charge is 2.22. The summed E-state index contributed by atoms with van der Waals surface area (Å²) in [6.07, 6.45) is 3.50. The van der Waals surface area contributed by atoms with Gasteiger partial charge in [0.1, 0.15) is 0 Å². The van der Waals surface area contributed by atoms with E-state index in [-0.39, 0.29) is 0 Å².